The first-order chi connectivity index (χ1) is 9.47. The number of piperidine rings is 1. The van der Waals surface area contributed by atoms with Gasteiger partial charge in [-0.25, -0.2) is 4.98 Å². The number of halogens is 3. The lowest BCUT2D eigenvalue weighted by Gasteiger charge is -2.29. The third kappa shape index (κ3) is 5.57. The van der Waals surface area contributed by atoms with Crippen molar-refractivity contribution in [1.82, 2.24) is 15.6 Å². The van der Waals surface area contributed by atoms with E-state index >= 15 is 0 Å². The summed E-state index contributed by atoms with van der Waals surface area (Å²) in [5.74, 6) is 0.634. The summed E-state index contributed by atoms with van der Waals surface area (Å²) in [6.07, 6.45) is 3.64. The summed E-state index contributed by atoms with van der Waals surface area (Å²) in [4.78, 5) is 18.6. The fourth-order valence-corrected chi connectivity index (χ4v) is 2.81. The molecule has 2 heterocycles. The van der Waals surface area contributed by atoms with Gasteiger partial charge in [-0.05, 0) is 48.3 Å². The molecule has 1 saturated heterocycles. The van der Waals surface area contributed by atoms with Gasteiger partial charge in [-0.15, -0.1) is 24.8 Å². The molecule has 2 atom stereocenters. The van der Waals surface area contributed by atoms with Crippen molar-refractivity contribution in [2.24, 2.45) is 0 Å². The Morgan fingerprint density at radius 2 is 2.14 bits per heavy atom. The Bertz CT molecular complexity index is 502. The lowest BCUT2D eigenvalue weighted by Crippen LogP contribution is -2.46. The highest BCUT2D eigenvalue weighted by Gasteiger charge is 2.22. The van der Waals surface area contributed by atoms with Crippen LogP contribution >= 0.6 is 40.7 Å². The Balaban J connectivity index is 0.00000220. The minimum absolute atomic E-state index is 0. The van der Waals surface area contributed by atoms with Gasteiger partial charge in [-0.3, -0.25) is 4.79 Å². The number of hydrogen-bond donors (Lipinski definition) is 2. The summed E-state index contributed by atoms with van der Waals surface area (Å²) < 4.78 is 0.812. The maximum absolute atomic E-state index is 12.5. The van der Waals surface area contributed by atoms with Gasteiger partial charge in [0.25, 0.3) is 5.91 Å². The number of nitrogens with one attached hydrogen (secondary N) is 2. The van der Waals surface area contributed by atoms with Gasteiger partial charge in [-0.1, -0.05) is 0 Å². The number of nitrogens with zero attached hydrogens (tertiary/aromatic N) is 2. The molecule has 0 aliphatic carbocycles. The number of rotatable bonds is 3. The number of anilines is 1. The summed E-state index contributed by atoms with van der Waals surface area (Å²) in [6, 6.07) is 2.50. The molecule has 1 aliphatic heterocycles. The summed E-state index contributed by atoms with van der Waals surface area (Å²) in [5, 5.41) is 6.51. The quantitative estimate of drug-likeness (QED) is 0.799. The molecule has 5 nitrogen and oxygen atoms in total. The predicted octanol–water partition coefficient (Wildman–Crippen LogP) is 2.62. The van der Waals surface area contributed by atoms with Crippen molar-refractivity contribution in [3.8, 4) is 0 Å². The molecule has 22 heavy (non-hydrogen) atoms. The fourth-order valence-electron chi connectivity index (χ4n) is 2.48. The van der Waals surface area contributed by atoms with E-state index in [-0.39, 0.29) is 36.8 Å². The first-order valence-electron chi connectivity index (χ1n) is 6.84. The molecule has 1 aromatic rings. The van der Waals surface area contributed by atoms with Gasteiger partial charge in [0.2, 0.25) is 0 Å². The van der Waals surface area contributed by atoms with Gasteiger partial charge in [-0.2, -0.15) is 0 Å². The molecular weight excluding hydrogens is 391 g/mol. The van der Waals surface area contributed by atoms with Crippen LogP contribution in [0, 0.1) is 0 Å². The van der Waals surface area contributed by atoms with Crippen LogP contribution in [-0.2, 0) is 0 Å². The Morgan fingerprint density at radius 1 is 1.45 bits per heavy atom. The van der Waals surface area contributed by atoms with Gasteiger partial charge < -0.3 is 15.5 Å². The van der Waals surface area contributed by atoms with Crippen LogP contribution in [0.1, 0.15) is 30.1 Å². The molecule has 1 aromatic heterocycles. The zero-order valence-corrected chi connectivity index (χ0v) is 16.1. The number of carbonyl (C=O) groups excluding carboxylic acids is 1. The second-order valence-electron chi connectivity index (χ2n) is 5.47. The van der Waals surface area contributed by atoms with E-state index in [1.165, 1.54) is 0 Å². The van der Waals surface area contributed by atoms with Crippen LogP contribution in [0.15, 0.2) is 16.7 Å². The van der Waals surface area contributed by atoms with Crippen molar-refractivity contribution in [2.75, 3.05) is 25.5 Å². The van der Waals surface area contributed by atoms with Crippen LogP contribution in [0.5, 0.6) is 0 Å². The standard InChI is InChI=1S/C14H21BrN4O.2ClH/c1-9-6-11(4-5-16-9)18-14(20)12-7-10(15)8-17-13(12)19(2)3;;/h7-9,11,16H,4-6H2,1-3H3,(H,18,20);2*1H. The van der Waals surface area contributed by atoms with Crippen LogP contribution in [0.4, 0.5) is 5.82 Å². The molecule has 2 N–H and O–H groups in total. The van der Waals surface area contributed by atoms with E-state index in [9.17, 15) is 4.79 Å². The molecule has 1 amide bonds. The van der Waals surface area contributed by atoms with Crippen molar-refractivity contribution in [3.05, 3.63) is 22.3 Å². The minimum atomic E-state index is -0.0541. The second kappa shape index (κ2) is 9.55. The molecular formula is C14H23BrCl2N4O. The maximum Gasteiger partial charge on any atom is 0.255 e. The molecule has 1 fully saturated rings. The highest BCUT2D eigenvalue weighted by atomic mass is 79.9. The molecule has 2 unspecified atom stereocenters. The van der Waals surface area contributed by atoms with Crippen LogP contribution in [0.3, 0.4) is 0 Å². The Hall–Kier alpha value is -0.560. The van der Waals surface area contributed by atoms with Crippen LogP contribution in [0.2, 0.25) is 0 Å². The first-order valence-corrected chi connectivity index (χ1v) is 7.63. The SMILES string of the molecule is CC1CC(NC(=O)c2cc(Br)cnc2N(C)C)CCN1.Cl.Cl. The molecule has 0 saturated carbocycles. The van der Waals surface area contributed by atoms with Crippen LogP contribution in [-0.4, -0.2) is 43.6 Å². The smallest absolute Gasteiger partial charge is 0.255 e. The highest BCUT2D eigenvalue weighted by Crippen LogP contribution is 2.20. The van der Waals surface area contributed by atoms with Crippen molar-refractivity contribution in [1.29, 1.82) is 0 Å². The van der Waals surface area contributed by atoms with Crippen molar-refractivity contribution in [2.45, 2.75) is 31.8 Å². The van der Waals surface area contributed by atoms with Crippen molar-refractivity contribution in [3.63, 3.8) is 0 Å². The van der Waals surface area contributed by atoms with Gasteiger partial charge in [0.15, 0.2) is 0 Å². The molecule has 0 radical (unpaired) electrons. The molecule has 1 aliphatic rings. The zero-order valence-electron chi connectivity index (χ0n) is 12.9. The number of aromatic nitrogens is 1. The summed E-state index contributed by atoms with van der Waals surface area (Å²) >= 11 is 3.38. The third-order valence-corrected chi connectivity index (χ3v) is 3.89. The Labute approximate surface area is 152 Å². The molecule has 2 rings (SSSR count). The largest absolute Gasteiger partial charge is 0.362 e. The Kier molecular flexibility index (Phi) is 9.31. The van der Waals surface area contributed by atoms with Gasteiger partial charge >= 0.3 is 0 Å². The van der Waals surface area contributed by atoms with E-state index < -0.39 is 0 Å². The van der Waals surface area contributed by atoms with Crippen LogP contribution in [0.25, 0.3) is 0 Å². The average Bonchev–Trinajstić information content (AvgIpc) is 2.38. The average molecular weight is 414 g/mol. The number of carbonyl (C=O) groups is 1. The lowest BCUT2D eigenvalue weighted by atomic mass is 10.0. The van der Waals surface area contributed by atoms with Gasteiger partial charge in [0, 0.05) is 36.8 Å². The predicted molar refractivity (Wildman–Crippen MR) is 98.7 cm³/mol. The number of hydrogen-bond acceptors (Lipinski definition) is 4. The van der Waals surface area contributed by atoms with E-state index in [2.05, 4.69) is 38.5 Å². The zero-order chi connectivity index (χ0) is 14.7. The molecule has 126 valence electrons. The molecule has 0 bridgehead atoms. The van der Waals surface area contributed by atoms with Crippen molar-refractivity contribution >= 4 is 52.5 Å². The third-order valence-electron chi connectivity index (χ3n) is 3.46. The van der Waals surface area contributed by atoms with Crippen LogP contribution < -0.4 is 15.5 Å². The maximum atomic E-state index is 12.5. The van der Waals surface area contributed by atoms with E-state index in [4.69, 9.17) is 0 Å². The van der Waals surface area contributed by atoms with Gasteiger partial charge in [0.05, 0.1) is 5.56 Å². The minimum Gasteiger partial charge on any atom is -0.362 e. The molecule has 0 spiro atoms. The topological polar surface area (TPSA) is 57.3 Å². The fraction of sp³-hybridized carbons (Fsp3) is 0.571. The van der Waals surface area contributed by atoms with Gasteiger partial charge in [0.1, 0.15) is 5.82 Å². The Morgan fingerprint density at radius 3 is 2.73 bits per heavy atom. The van der Waals surface area contributed by atoms with E-state index in [1.54, 1.807) is 6.20 Å². The van der Waals surface area contributed by atoms with E-state index in [0.717, 1.165) is 23.9 Å². The summed E-state index contributed by atoms with van der Waals surface area (Å²) in [7, 11) is 3.78. The lowest BCUT2D eigenvalue weighted by molar-refractivity contribution is 0.0926. The number of pyridine rings is 1. The second-order valence-corrected chi connectivity index (χ2v) is 6.38. The normalized spacial score (nSPS) is 20.4. The summed E-state index contributed by atoms with van der Waals surface area (Å²) in [5.41, 5.74) is 0.607. The first kappa shape index (κ1) is 21.4. The number of amides is 1. The van der Waals surface area contributed by atoms with Crippen molar-refractivity contribution < 1.29 is 4.79 Å². The molecule has 8 heteroatoms. The summed E-state index contributed by atoms with van der Waals surface area (Å²) in [6.45, 7) is 3.09. The monoisotopic (exact) mass is 412 g/mol. The van der Waals surface area contributed by atoms with E-state index in [0.29, 0.717) is 17.4 Å². The van der Waals surface area contributed by atoms with E-state index in [1.807, 2.05) is 25.1 Å². The molecule has 0 aromatic carbocycles. The highest BCUT2D eigenvalue weighted by molar-refractivity contribution is 9.10.